The Balaban J connectivity index is 2.16. The van der Waals surface area contributed by atoms with Gasteiger partial charge in [-0.1, -0.05) is 0 Å². The van der Waals surface area contributed by atoms with Crippen molar-refractivity contribution < 1.29 is 9.53 Å². The van der Waals surface area contributed by atoms with E-state index < -0.39 is 11.2 Å². The van der Waals surface area contributed by atoms with Gasteiger partial charge in [0.1, 0.15) is 11.6 Å². The number of anilines is 1. The molecule has 1 amide bonds. The number of carbonyl (C=O) groups is 1. The molecular weight excluding hydrogens is 308 g/mol. The predicted molar refractivity (Wildman–Crippen MR) is 87.9 cm³/mol. The number of nitrogens with one attached hydrogen (secondary N) is 1. The number of aryl methyl sites for hydroxylation is 1. The lowest BCUT2D eigenvalue weighted by molar-refractivity contribution is -0.132. The number of hydrogen-bond donors (Lipinski definition) is 1. The third kappa shape index (κ3) is 2.33. The summed E-state index contributed by atoms with van der Waals surface area (Å²) in [4.78, 5) is 32.3. The first-order chi connectivity index (χ1) is 11.2. The van der Waals surface area contributed by atoms with Crippen LogP contribution in [-0.4, -0.2) is 28.5 Å². The smallest absolute Gasteiger partial charge is 0.271 e. The summed E-state index contributed by atoms with van der Waals surface area (Å²) in [5.74, 6) is 0.733. The predicted octanol–water partition coefficient (Wildman–Crippen LogP) is 1.75. The number of carbonyl (C=O) groups excluding carboxylic acids is 1. The number of ether oxygens (including phenoxy) is 1. The third-order valence-electron chi connectivity index (χ3n) is 4.01. The van der Waals surface area contributed by atoms with Gasteiger partial charge < -0.3 is 9.72 Å². The van der Waals surface area contributed by atoms with E-state index in [0.29, 0.717) is 28.4 Å². The molecule has 0 aromatic carbocycles. The van der Waals surface area contributed by atoms with E-state index in [9.17, 15) is 9.59 Å². The number of aromatic nitrogens is 2. The van der Waals surface area contributed by atoms with Gasteiger partial charge >= 0.3 is 0 Å². The fourth-order valence-electron chi connectivity index (χ4n) is 2.74. The number of amides is 1. The summed E-state index contributed by atoms with van der Waals surface area (Å²) in [6.45, 7) is 5.14. The van der Waals surface area contributed by atoms with Crippen molar-refractivity contribution in [1.82, 2.24) is 9.97 Å². The molecule has 0 spiro atoms. The number of hydrogen-bond acceptors (Lipinski definition) is 5. The molecule has 1 N–H and O–H groups in total. The second kappa shape index (κ2) is 5.20. The number of likely N-dealkylation sites (N-methyl/N-ethyl adjacent to an activating group) is 1. The maximum absolute atomic E-state index is 12.2. The standard InChI is InChI=1S/C17H16N4O3/c1-9-12(5-10(7-18)15(22)20-9)11-6-13-14(19-8-11)21(4)16(23)17(2,3)24-13/h5-6,8H,1-4H3,(H,20,22). The van der Waals surface area contributed by atoms with E-state index in [4.69, 9.17) is 10.00 Å². The Labute approximate surface area is 138 Å². The molecule has 3 heterocycles. The highest BCUT2D eigenvalue weighted by molar-refractivity contribution is 6.01. The molecular formula is C17H16N4O3. The number of nitrogens with zero attached hydrogens (tertiary/aromatic N) is 3. The zero-order valence-electron chi connectivity index (χ0n) is 13.8. The summed E-state index contributed by atoms with van der Waals surface area (Å²) >= 11 is 0. The summed E-state index contributed by atoms with van der Waals surface area (Å²) < 4.78 is 5.79. The maximum atomic E-state index is 12.2. The summed E-state index contributed by atoms with van der Waals surface area (Å²) in [5, 5.41) is 9.05. The molecule has 0 radical (unpaired) electrons. The lowest BCUT2D eigenvalue weighted by atomic mass is 10.0. The topological polar surface area (TPSA) is 99.1 Å². The normalized spacial score (nSPS) is 15.5. The summed E-state index contributed by atoms with van der Waals surface area (Å²) in [6, 6.07) is 5.16. The van der Waals surface area contributed by atoms with Gasteiger partial charge in [-0.2, -0.15) is 5.26 Å². The first-order valence-corrected chi connectivity index (χ1v) is 7.36. The number of H-pyrrole nitrogens is 1. The molecule has 24 heavy (non-hydrogen) atoms. The van der Waals surface area contributed by atoms with Gasteiger partial charge in [0.2, 0.25) is 0 Å². The minimum absolute atomic E-state index is 0.0295. The van der Waals surface area contributed by atoms with Crippen LogP contribution in [0.15, 0.2) is 23.1 Å². The van der Waals surface area contributed by atoms with E-state index >= 15 is 0 Å². The fourth-order valence-corrected chi connectivity index (χ4v) is 2.74. The Morgan fingerprint density at radius 1 is 1.33 bits per heavy atom. The Kier molecular flexibility index (Phi) is 3.41. The minimum atomic E-state index is -0.986. The molecule has 0 fully saturated rings. The first-order valence-electron chi connectivity index (χ1n) is 7.36. The van der Waals surface area contributed by atoms with Crippen molar-refractivity contribution in [2.45, 2.75) is 26.4 Å². The molecule has 0 atom stereocenters. The van der Waals surface area contributed by atoms with E-state index in [1.165, 1.54) is 11.0 Å². The number of pyridine rings is 2. The Hall–Kier alpha value is -3.14. The molecule has 0 bridgehead atoms. The SMILES string of the molecule is Cc1[nH]c(=O)c(C#N)cc1-c1cnc2c(c1)OC(C)(C)C(=O)N2C. The number of fused-ring (bicyclic) bond motifs is 1. The zero-order valence-corrected chi connectivity index (χ0v) is 13.8. The first kappa shape index (κ1) is 15.7. The maximum Gasteiger partial charge on any atom is 0.271 e. The van der Waals surface area contributed by atoms with Crippen LogP contribution >= 0.6 is 0 Å². The van der Waals surface area contributed by atoms with E-state index in [1.54, 1.807) is 40.1 Å². The van der Waals surface area contributed by atoms with E-state index in [2.05, 4.69) is 9.97 Å². The van der Waals surface area contributed by atoms with Crippen LogP contribution in [-0.2, 0) is 4.79 Å². The Bertz CT molecular complexity index is 953. The van der Waals surface area contributed by atoms with Crippen molar-refractivity contribution in [3.8, 4) is 22.9 Å². The highest BCUT2D eigenvalue weighted by atomic mass is 16.5. The Morgan fingerprint density at radius 2 is 2.04 bits per heavy atom. The Morgan fingerprint density at radius 3 is 2.71 bits per heavy atom. The van der Waals surface area contributed by atoms with Crippen LogP contribution in [0.3, 0.4) is 0 Å². The van der Waals surface area contributed by atoms with E-state index in [1.807, 2.05) is 6.07 Å². The molecule has 122 valence electrons. The van der Waals surface area contributed by atoms with Gasteiger partial charge in [-0.3, -0.25) is 14.5 Å². The lowest BCUT2D eigenvalue weighted by Crippen LogP contribution is -2.51. The van der Waals surface area contributed by atoms with Gasteiger partial charge in [0, 0.05) is 30.1 Å². The van der Waals surface area contributed by atoms with E-state index in [0.717, 1.165) is 0 Å². The van der Waals surface area contributed by atoms with Crippen molar-refractivity contribution in [2.24, 2.45) is 0 Å². The van der Waals surface area contributed by atoms with Gasteiger partial charge in [0.15, 0.2) is 17.2 Å². The average molecular weight is 324 g/mol. The van der Waals surface area contributed by atoms with Crippen molar-refractivity contribution in [3.05, 3.63) is 39.9 Å². The third-order valence-corrected chi connectivity index (χ3v) is 4.01. The molecule has 1 aliphatic rings. The molecule has 0 unspecified atom stereocenters. The molecule has 7 heteroatoms. The van der Waals surface area contributed by atoms with Crippen LogP contribution in [0.1, 0.15) is 25.1 Å². The molecule has 7 nitrogen and oxygen atoms in total. The van der Waals surface area contributed by atoms with Crippen molar-refractivity contribution in [3.63, 3.8) is 0 Å². The molecule has 0 aliphatic carbocycles. The zero-order chi connectivity index (χ0) is 17.6. The van der Waals surface area contributed by atoms with Crippen LogP contribution in [0.4, 0.5) is 5.82 Å². The molecule has 2 aromatic rings. The van der Waals surface area contributed by atoms with Gasteiger partial charge in [-0.25, -0.2) is 4.98 Å². The number of aromatic amines is 1. The van der Waals surface area contributed by atoms with Crippen LogP contribution < -0.4 is 15.2 Å². The number of rotatable bonds is 1. The quantitative estimate of drug-likeness (QED) is 0.861. The summed E-state index contributed by atoms with van der Waals surface area (Å²) in [7, 11) is 1.65. The van der Waals surface area contributed by atoms with Crippen molar-refractivity contribution >= 4 is 11.7 Å². The average Bonchev–Trinajstić information content (AvgIpc) is 2.52. The van der Waals surface area contributed by atoms with Crippen molar-refractivity contribution in [2.75, 3.05) is 11.9 Å². The molecule has 3 rings (SSSR count). The highest BCUT2D eigenvalue weighted by Crippen LogP contribution is 2.38. The molecule has 2 aromatic heterocycles. The lowest BCUT2D eigenvalue weighted by Gasteiger charge is -2.36. The second-order valence-corrected chi connectivity index (χ2v) is 6.18. The summed E-state index contributed by atoms with van der Waals surface area (Å²) in [5.41, 5.74) is 0.620. The molecule has 1 aliphatic heterocycles. The van der Waals surface area contributed by atoms with Crippen LogP contribution in [0.5, 0.6) is 5.75 Å². The minimum Gasteiger partial charge on any atom is -0.474 e. The second-order valence-electron chi connectivity index (χ2n) is 6.18. The van der Waals surface area contributed by atoms with Crippen LogP contribution in [0, 0.1) is 18.3 Å². The molecule has 0 saturated carbocycles. The monoisotopic (exact) mass is 324 g/mol. The van der Waals surface area contributed by atoms with Gasteiger partial charge in [-0.05, 0) is 32.9 Å². The highest BCUT2D eigenvalue weighted by Gasteiger charge is 2.40. The van der Waals surface area contributed by atoms with Crippen LogP contribution in [0.2, 0.25) is 0 Å². The summed E-state index contributed by atoms with van der Waals surface area (Å²) in [6.07, 6.45) is 1.59. The molecule has 0 saturated heterocycles. The largest absolute Gasteiger partial charge is 0.474 e. The van der Waals surface area contributed by atoms with Crippen LogP contribution in [0.25, 0.3) is 11.1 Å². The fraction of sp³-hybridized carbons (Fsp3) is 0.294. The number of nitriles is 1. The van der Waals surface area contributed by atoms with E-state index in [-0.39, 0.29) is 11.5 Å². The van der Waals surface area contributed by atoms with Crippen molar-refractivity contribution in [1.29, 1.82) is 5.26 Å². The van der Waals surface area contributed by atoms with Gasteiger partial charge in [-0.15, -0.1) is 0 Å². The van der Waals surface area contributed by atoms with Gasteiger partial charge in [0.25, 0.3) is 11.5 Å². The van der Waals surface area contributed by atoms with Gasteiger partial charge in [0.05, 0.1) is 0 Å².